The van der Waals surface area contributed by atoms with E-state index in [0.717, 1.165) is 0 Å². The van der Waals surface area contributed by atoms with E-state index in [0.29, 0.717) is 6.42 Å². The van der Waals surface area contributed by atoms with Crippen LogP contribution in [0.5, 0.6) is 0 Å². The number of aromatic nitrogens is 1. The van der Waals surface area contributed by atoms with Crippen LogP contribution in [0.1, 0.15) is 23.8 Å². The largest absolute Gasteiger partial charge is 0.476 e. The number of hydrogen-bond donors (Lipinski definition) is 2. The highest BCUT2D eigenvalue weighted by atomic mass is 35.5. The van der Waals surface area contributed by atoms with Crippen molar-refractivity contribution in [2.24, 2.45) is 0 Å². The van der Waals surface area contributed by atoms with Crippen LogP contribution < -0.4 is 10.2 Å². The predicted molar refractivity (Wildman–Crippen MR) is 70.8 cm³/mol. The molecule has 1 aromatic rings. The number of carbonyl (C=O) groups is 3. The molecule has 2 heterocycles. The van der Waals surface area contributed by atoms with Gasteiger partial charge in [-0.1, -0.05) is 18.5 Å². The molecule has 0 spiro atoms. The maximum atomic E-state index is 11.8. The van der Waals surface area contributed by atoms with Crippen molar-refractivity contribution in [1.82, 2.24) is 10.3 Å². The summed E-state index contributed by atoms with van der Waals surface area (Å²) >= 11 is 5.75. The van der Waals surface area contributed by atoms with Gasteiger partial charge < -0.3 is 10.0 Å². The standard InChI is InChI=1S/C12H12ClN3O4/c1-2-7-11(18)15-9(17)5-16(7)8-4-3-6(13)10(14-8)12(19)20/h3-4,7H,2,5H2,1H3,(H,19,20)(H,15,17,18). The van der Waals surface area contributed by atoms with Crippen LogP contribution in [0.3, 0.4) is 0 Å². The smallest absolute Gasteiger partial charge is 0.356 e. The lowest BCUT2D eigenvalue weighted by molar-refractivity contribution is -0.132. The van der Waals surface area contributed by atoms with Gasteiger partial charge in [-0.3, -0.25) is 14.9 Å². The summed E-state index contributed by atoms with van der Waals surface area (Å²) in [5, 5.41) is 11.2. The van der Waals surface area contributed by atoms with Crippen LogP contribution >= 0.6 is 11.6 Å². The van der Waals surface area contributed by atoms with Crippen LogP contribution in [0.4, 0.5) is 5.82 Å². The number of piperazine rings is 1. The van der Waals surface area contributed by atoms with E-state index in [1.54, 1.807) is 6.92 Å². The lowest BCUT2D eigenvalue weighted by atomic mass is 10.1. The molecule has 2 amide bonds. The quantitative estimate of drug-likeness (QED) is 0.796. The van der Waals surface area contributed by atoms with Gasteiger partial charge in [-0.15, -0.1) is 0 Å². The summed E-state index contributed by atoms with van der Waals surface area (Å²) in [6.07, 6.45) is 0.464. The zero-order valence-electron chi connectivity index (χ0n) is 10.6. The Kier molecular flexibility index (Phi) is 3.89. The molecule has 20 heavy (non-hydrogen) atoms. The number of carboxylic acids is 1. The lowest BCUT2D eigenvalue weighted by Crippen LogP contribution is -2.58. The van der Waals surface area contributed by atoms with E-state index in [9.17, 15) is 14.4 Å². The van der Waals surface area contributed by atoms with E-state index in [2.05, 4.69) is 10.3 Å². The number of pyridine rings is 1. The van der Waals surface area contributed by atoms with E-state index in [4.69, 9.17) is 16.7 Å². The molecule has 0 aromatic carbocycles. The van der Waals surface area contributed by atoms with E-state index in [-0.39, 0.29) is 23.1 Å². The van der Waals surface area contributed by atoms with Crippen LogP contribution in [0.25, 0.3) is 0 Å². The molecular formula is C12H12ClN3O4. The SMILES string of the molecule is CCC1C(=O)NC(=O)CN1c1ccc(Cl)c(C(=O)O)n1. The van der Waals surface area contributed by atoms with Gasteiger partial charge in [0.1, 0.15) is 11.9 Å². The molecule has 0 aliphatic carbocycles. The Bertz CT molecular complexity index is 590. The van der Waals surface area contributed by atoms with Gasteiger partial charge in [-0.2, -0.15) is 0 Å². The van der Waals surface area contributed by atoms with Crippen LogP contribution in [-0.2, 0) is 9.59 Å². The maximum absolute atomic E-state index is 11.8. The number of aromatic carboxylic acids is 1. The number of anilines is 1. The Labute approximate surface area is 119 Å². The fourth-order valence-electron chi connectivity index (χ4n) is 2.05. The van der Waals surface area contributed by atoms with E-state index >= 15 is 0 Å². The number of hydrogen-bond acceptors (Lipinski definition) is 5. The Morgan fingerprint density at radius 1 is 1.55 bits per heavy atom. The molecule has 0 bridgehead atoms. The van der Waals surface area contributed by atoms with Crippen molar-refractivity contribution in [1.29, 1.82) is 0 Å². The molecule has 1 aliphatic heterocycles. The lowest BCUT2D eigenvalue weighted by Gasteiger charge is -2.34. The number of carboxylic acid groups (broad SMARTS) is 1. The summed E-state index contributed by atoms with van der Waals surface area (Å²) in [7, 11) is 0. The molecule has 1 atom stereocenters. The van der Waals surface area contributed by atoms with E-state index < -0.39 is 23.8 Å². The molecule has 2 N–H and O–H groups in total. The third kappa shape index (κ3) is 2.57. The highest BCUT2D eigenvalue weighted by Gasteiger charge is 2.33. The minimum atomic E-state index is -1.27. The van der Waals surface area contributed by atoms with Gasteiger partial charge in [-0.05, 0) is 18.6 Å². The molecule has 2 rings (SSSR count). The summed E-state index contributed by atoms with van der Waals surface area (Å²) < 4.78 is 0. The molecule has 1 aromatic heterocycles. The summed E-state index contributed by atoms with van der Waals surface area (Å²) in [6.45, 7) is 1.74. The second kappa shape index (κ2) is 5.46. The number of nitrogens with zero attached hydrogens (tertiary/aromatic N) is 2. The van der Waals surface area contributed by atoms with Crippen molar-refractivity contribution in [2.75, 3.05) is 11.4 Å². The van der Waals surface area contributed by atoms with Crippen LogP contribution in [0, 0.1) is 0 Å². The number of carbonyl (C=O) groups excluding carboxylic acids is 2. The summed E-state index contributed by atoms with van der Waals surface area (Å²) in [6, 6.07) is 2.31. The van der Waals surface area contributed by atoms with Gasteiger partial charge >= 0.3 is 5.97 Å². The fourth-order valence-corrected chi connectivity index (χ4v) is 2.24. The number of rotatable bonds is 3. The molecule has 1 fully saturated rings. The first kappa shape index (κ1) is 14.3. The molecule has 0 radical (unpaired) electrons. The van der Waals surface area contributed by atoms with Gasteiger partial charge in [-0.25, -0.2) is 9.78 Å². The monoisotopic (exact) mass is 297 g/mol. The van der Waals surface area contributed by atoms with Crippen LogP contribution in [0.2, 0.25) is 5.02 Å². The zero-order valence-corrected chi connectivity index (χ0v) is 11.3. The topological polar surface area (TPSA) is 99.6 Å². The normalized spacial score (nSPS) is 18.9. The first-order valence-electron chi connectivity index (χ1n) is 5.94. The summed E-state index contributed by atoms with van der Waals surface area (Å²) in [5.41, 5.74) is -0.308. The van der Waals surface area contributed by atoms with Crippen molar-refractivity contribution < 1.29 is 19.5 Å². The Hall–Kier alpha value is -2.15. The molecule has 1 aliphatic rings. The van der Waals surface area contributed by atoms with Crippen molar-refractivity contribution in [3.05, 3.63) is 22.8 Å². The number of halogens is 1. The number of amides is 2. The number of nitrogens with one attached hydrogen (secondary N) is 1. The average Bonchev–Trinajstić information content (AvgIpc) is 2.38. The Balaban J connectivity index is 2.42. The Morgan fingerprint density at radius 2 is 2.25 bits per heavy atom. The molecule has 7 nitrogen and oxygen atoms in total. The van der Waals surface area contributed by atoms with Crippen molar-refractivity contribution >= 4 is 35.2 Å². The minimum Gasteiger partial charge on any atom is -0.476 e. The van der Waals surface area contributed by atoms with Gasteiger partial charge in [0.05, 0.1) is 11.6 Å². The third-order valence-corrected chi connectivity index (χ3v) is 3.28. The van der Waals surface area contributed by atoms with Gasteiger partial charge in [0.2, 0.25) is 11.8 Å². The summed E-state index contributed by atoms with van der Waals surface area (Å²) in [5.74, 6) is -1.90. The highest BCUT2D eigenvalue weighted by molar-refractivity contribution is 6.33. The third-order valence-electron chi connectivity index (χ3n) is 2.97. The van der Waals surface area contributed by atoms with Crippen LogP contribution in [-0.4, -0.2) is 40.5 Å². The van der Waals surface area contributed by atoms with E-state index in [1.807, 2.05) is 0 Å². The maximum Gasteiger partial charge on any atom is 0.356 e. The molecule has 1 unspecified atom stereocenters. The molecule has 1 saturated heterocycles. The fraction of sp³-hybridized carbons (Fsp3) is 0.333. The van der Waals surface area contributed by atoms with Gasteiger partial charge in [0.15, 0.2) is 5.69 Å². The molecule has 106 valence electrons. The molecule has 0 saturated carbocycles. The van der Waals surface area contributed by atoms with Gasteiger partial charge in [0.25, 0.3) is 0 Å². The first-order chi connectivity index (χ1) is 9.43. The van der Waals surface area contributed by atoms with Crippen molar-refractivity contribution in [2.45, 2.75) is 19.4 Å². The van der Waals surface area contributed by atoms with Crippen molar-refractivity contribution in [3.8, 4) is 0 Å². The summed E-state index contributed by atoms with van der Waals surface area (Å²) in [4.78, 5) is 39.6. The van der Waals surface area contributed by atoms with Crippen molar-refractivity contribution in [3.63, 3.8) is 0 Å². The minimum absolute atomic E-state index is 0.00193. The average molecular weight is 298 g/mol. The predicted octanol–water partition coefficient (Wildman–Crippen LogP) is 0.675. The van der Waals surface area contributed by atoms with E-state index in [1.165, 1.54) is 17.0 Å². The van der Waals surface area contributed by atoms with Gasteiger partial charge in [0, 0.05) is 0 Å². The second-order valence-electron chi connectivity index (χ2n) is 4.27. The molecule has 8 heteroatoms. The van der Waals surface area contributed by atoms with Crippen LogP contribution in [0.15, 0.2) is 12.1 Å². The Morgan fingerprint density at radius 3 is 2.85 bits per heavy atom. The molecular weight excluding hydrogens is 286 g/mol. The first-order valence-corrected chi connectivity index (χ1v) is 6.32. The highest BCUT2D eigenvalue weighted by Crippen LogP contribution is 2.23. The zero-order chi connectivity index (χ0) is 14.9. The number of imide groups is 1. The second-order valence-corrected chi connectivity index (χ2v) is 4.68.